The standard InChI is InChI=1S/C23H24N4O5/c1-26-21(28)20(22(29)27(2)23(26)30)17-12-16(24-14-7-5-6-8-15(14)25-17)13-9-10-18(31-3)19(11-13)32-4/h5-11,16,24,28H,12H2,1-4H3/t16-/m1/s1. The Balaban J connectivity index is 1.91. The van der Waals surface area contributed by atoms with Crippen LogP contribution in [0.1, 0.15) is 23.6 Å². The van der Waals surface area contributed by atoms with E-state index in [2.05, 4.69) is 5.32 Å². The highest BCUT2D eigenvalue weighted by Crippen LogP contribution is 2.38. The second-order valence-electron chi connectivity index (χ2n) is 7.50. The van der Waals surface area contributed by atoms with Crippen LogP contribution in [0.3, 0.4) is 0 Å². The molecule has 0 bridgehead atoms. The highest BCUT2D eigenvalue weighted by molar-refractivity contribution is 6.05. The van der Waals surface area contributed by atoms with Crippen molar-refractivity contribution in [1.29, 1.82) is 0 Å². The molecule has 4 rings (SSSR count). The summed E-state index contributed by atoms with van der Waals surface area (Å²) in [4.78, 5) is 29.9. The number of anilines is 1. The molecular weight excluding hydrogens is 412 g/mol. The number of aromatic nitrogens is 2. The van der Waals surface area contributed by atoms with E-state index in [0.717, 1.165) is 20.4 Å². The van der Waals surface area contributed by atoms with Gasteiger partial charge in [0.2, 0.25) is 5.88 Å². The Labute approximate surface area is 184 Å². The van der Waals surface area contributed by atoms with Crippen molar-refractivity contribution >= 4 is 17.1 Å². The summed E-state index contributed by atoms with van der Waals surface area (Å²) in [6, 6.07) is 12.7. The zero-order valence-corrected chi connectivity index (χ0v) is 18.2. The number of para-hydroxylation sites is 2. The number of aromatic hydroxyl groups is 1. The molecule has 0 aliphatic carbocycles. The third-order valence-electron chi connectivity index (χ3n) is 5.62. The SMILES string of the molecule is COc1ccc([C@H]2CC(c3c(O)n(C)c(=O)n(C)c3=O)=Nc3ccccc3N2)cc1OC. The molecule has 2 aromatic carbocycles. The first-order valence-electron chi connectivity index (χ1n) is 10.00. The highest BCUT2D eigenvalue weighted by atomic mass is 16.5. The van der Waals surface area contributed by atoms with Gasteiger partial charge in [-0.15, -0.1) is 0 Å². The molecule has 1 aliphatic rings. The lowest BCUT2D eigenvalue weighted by Crippen LogP contribution is -2.40. The first-order valence-corrected chi connectivity index (χ1v) is 10.00. The van der Waals surface area contributed by atoms with E-state index in [4.69, 9.17) is 14.5 Å². The van der Waals surface area contributed by atoms with E-state index in [1.165, 1.54) is 14.1 Å². The monoisotopic (exact) mass is 436 g/mol. The zero-order chi connectivity index (χ0) is 23.0. The highest BCUT2D eigenvalue weighted by Gasteiger charge is 2.27. The van der Waals surface area contributed by atoms with E-state index in [-0.39, 0.29) is 18.0 Å². The van der Waals surface area contributed by atoms with E-state index in [9.17, 15) is 14.7 Å². The Morgan fingerprint density at radius 1 is 1.03 bits per heavy atom. The van der Waals surface area contributed by atoms with Gasteiger partial charge in [-0.2, -0.15) is 0 Å². The number of rotatable bonds is 4. The molecule has 0 radical (unpaired) electrons. The van der Waals surface area contributed by atoms with Crippen molar-refractivity contribution in [3.63, 3.8) is 0 Å². The number of hydrogen-bond acceptors (Lipinski definition) is 7. The zero-order valence-electron chi connectivity index (χ0n) is 18.2. The third kappa shape index (κ3) is 3.51. The van der Waals surface area contributed by atoms with Gasteiger partial charge >= 0.3 is 5.69 Å². The van der Waals surface area contributed by atoms with Gasteiger partial charge in [0.1, 0.15) is 5.56 Å². The molecular formula is C23H24N4O5. The van der Waals surface area contributed by atoms with Gasteiger partial charge in [-0.3, -0.25) is 18.9 Å². The van der Waals surface area contributed by atoms with Crippen molar-refractivity contribution < 1.29 is 14.6 Å². The smallest absolute Gasteiger partial charge is 0.333 e. The molecule has 3 aromatic rings. The summed E-state index contributed by atoms with van der Waals surface area (Å²) < 4.78 is 12.8. The van der Waals surface area contributed by atoms with Crippen LogP contribution < -0.4 is 26.0 Å². The fourth-order valence-electron chi connectivity index (χ4n) is 3.83. The molecule has 2 N–H and O–H groups in total. The molecule has 0 spiro atoms. The van der Waals surface area contributed by atoms with Crippen LogP contribution in [0.5, 0.6) is 17.4 Å². The van der Waals surface area contributed by atoms with Gasteiger partial charge < -0.3 is 19.9 Å². The number of hydrogen-bond donors (Lipinski definition) is 2. The predicted molar refractivity (Wildman–Crippen MR) is 122 cm³/mol. The summed E-state index contributed by atoms with van der Waals surface area (Å²) in [6.45, 7) is 0. The molecule has 1 aliphatic heterocycles. The number of benzene rings is 2. The van der Waals surface area contributed by atoms with Crippen molar-refractivity contribution in [3.8, 4) is 17.4 Å². The van der Waals surface area contributed by atoms with Gasteiger partial charge in [0, 0.05) is 20.5 Å². The van der Waals surface area contributed by atoms with Crippen molar-refractivity contribution in [2.45, 2.75) is 12.5 Å². The maximum absolute atomic E-state index is 13.0. The number of aliphatic imine (C=N–C) groups is 1. The quantitative estimate of drug-likeness (QED) is 0.651. The van der Waals surface area contributed by atoms with Gasteiger partial charge in [0.25, 0.3) is 5.56 Å². The summed E-state index contributed by atoms with van der Waals surface area (Å²) in [6.07, 6.45) is 0.283. The van der Waals surface area contributed by atoms with E-state index in [0.29, 0.717) is 22.9 Å². The first kappa shape index (κ1) is 21.2. The van der Waals surface area contributed by atoms with Crippen molar-refractivity contribution in [2.24, 2.45) is 19.1 Å². The Hall–Kier alpha value is -4.01. The maximum atomic E-state index is 13.0. The van der Waals surface area contributed by atoms with E-state index < -0.39 is 17.1 Å². The summed E-state index contributed by atoms with van der Waals surface area (Å²) in [5.74, 6) is 0.759. The molecule has 32 heavy (non-hydrogen) atoms. The van der Waals surface area contributed by atoms with E-state index in [1.54, 1.807) is 14.2 Å². The lowest BCUT2D eigenvalue weighted by molar-refractivity contribution is 0.354. The number of ether oxygens (including phenoxy) is 2. The maximum Gasteiger partial charge on any atom is 0.333 e. The van der Waals surface area contributed by atoms with Crippen LogP contribution in [-0.4, -0.2) is 34.2 Å². The summed E-state index contributed by atoms with van der Waals surface area (Å²) in [5.41, 5.74) is 1.45. The summed E-state index contributed by atoms with van der Waals surface area (Å²) in [5, 5.41) is 14.2. The minimum absolute atomic E-state index is 0.00132. The third-order valence-corrected chi connectivity index (χ3v) is 5.62. The average Bonchev–Trinajstić information content (AvgIpc) is 3.00. The molecule has 9 nitrogen and oxygen atoms in total. The van der Waals surface area contributed by atoms with Crippen LogP contribution in [-0.2, 0) is 14.1 Å². The van der Waals surface area contributed by atoms with Crippen LogP contribution in [0.25, 0.3) is 0 Å². The van der Waals surface area contributed by atoms with Crippen molar-refractivity contribution in [1.82, 2.24) is 9.13 Å². The van der Waals surface area contributed by atoms with Crippen molar-refractivity contribution in [3.05, 3.63) is 74.4 Å². The molecule has 0 saturated carbocycles. The molecule has 0 saturated heterocycles. The predicted octanol–water partition coefficient (Wildman–Crippen LogP) is 2.48. The largest absolute Gasteiger partial charge is 0.494 e. The van der Waals surface area contributed by atoms with Crippen LogP contribution in [0.2, 0.25) is 0 Å². The van der Waals surface area contributed by atoms with Crippen LogP contribution in [0.4, 0.5) is 11.4 Å². The molecule has 0 fully saturated rings. The number of nitrogens with zero attached hydrogens (tertiary/aromatic N) is 3. The first-order chi connectivity index (χ1) is 15.3. The normalized spacial score (nSPS) is 15.2. The fraction of sp³-hybridized carbons (Fsp3) is 0.261. The van der Waals surface area contributed by atoms with Crippen molar-refractivity contribution in [2.75, 3.05) is 19.5 Å². The van der Waals surface area contributed by atoms with Crippen LogP contribution in [0, 0.1) is 0 Å². The average molecular weight is 436 g/mol. The van der Waals surface area contributed by atoms with E-state index in [1.807, 2.05) is 42.5 Å². The Morgan fingerprint density at radius 3 is 2.47 bits per heavy atom. The minimum Gasteiger partial charge on any atom is -0.494 e. The lowest BCUT2D eigenvalue weighted by atomic mass is 9.97. The number of fused-ring (bicyclic) bond motifs is 1. The lowest BCUT2D eigenvalue weighted by Gasteiger charge is -2.21. The Bertz CT molecular complexity index is 1340. The summed E-state index contributed by atoms with van der Waals surface area (Å²) >= 11 is 0. The molecule has 166 valence electrons. The molecule has 1 aromatic heterocycles. The minimum atomic E-state index is -0.611. The summed E-state index contributed by atoms with van der Waals surface area (Å²) in [7, 11) is 5.93. The van der Waals surface area contributed by atoms with Gasteiger partial charge in [-0.1, -0.05) is 18.2 Å². The second-order valence-corrected chi connectivity index (χ2v) is 7.50. The van der Waals surface area contributed by atoms with Crippen LogP contribution >= 0.6 is 0 Å². The molecule has 1 atom stereocenters. The molecule has 0 amide bonds. The number of methoxy groups -OCH3 is 2. The Kier molecular flexibility index (Phi) is 5.48. The molecule has 2 heterocycles. The second kappa shape index (κ2) is 8.26. The Morgan fingerprint density at radius 2 is 1.75 bits per heavy atom. The topological polar surface area (TPSA) is 107 Å². The molecule has 9 heteroatoms. The van der Waals surface area contributed by atoms with Crippen LogP contribution in [0.15, 0.2) is 57.0 Å². The van der Waals surface area contributed by atoms with Gasteiger partial charge in [0.15, 0.2) is 11.5 Å². The van der Waals surface area contributed by atoms with E-state index >= 15 is 0 Å². The van der Waals surface area contributed by atoms with Gasteiger partial charge in [-0.05, 0) is 29.8 Å². The van der Waals surface area contributed by atoms with Gasteiger partial charge in [0.05, 0.1) is 37.3 Å². The molecule has 0 unspecified atom stereocenters. The fourth-order valence-corrected chi connectivity index (χ4v) is 3.83. The van der Waals surface area contributed by atoms with Gasteiger partial charge in [-0.25, -0.2) is 4.79 Å². The number of nitrogens with one attached hydrogen (secondary N) is 1.